The summed E-state index contributed by atoms with van der Waals surface area (Å²) in [4.78, 5) is 22.7. The SMILES string of the molecule is Cc1ccc2nc(C)cc(C(=O)N3C[C@H]4C[C@@H](N(C)C)[C@H](OCC5CC5)C[C@H]4C3)c2c1. The minimum Gasteiger partial charge on any atom is -0.376 e. The quantitative estimate of drug-likeness (QED) is 0.730. The van der Waals surface area contributed by atoms with Crippen molar-refractivity contribution in [2.75, 3.05) is 33.8 Å². The lowest BCUT2D eigenvalue weighted by atomic mass is 9.77. The minimum absolute atomic E-state index is 0.160. The lowest BCUT2D eigenvalue weighted by molar-refractivity contribution is -0.0493. The zero-order chi connectivity index (χ0) is 21.7. The van der Waals surface area contributed by atoms with Crippen molar-refractivity contribution in [2.24, 2.45) is 17.8 Å². The lowest BCUT2D eigenvalue weighted by Crippen LogP contribution is -2.48. The molecule has 3 fully saturated rings. The molecule has 5 nitrogen and oxygen atoms in total. The third kappa shape index (κ3) is 4.22. The average molecular weight is 422 g/mol. The maximum Gasteiger partial charge on any atom is 0.254 e. The van der Waals surface area contributed by atoms with E-state index in [2.05, 4.69) is 47.9 Å². The summed E-state index contributed by atoms with van der Waals surface area (Å²) in [5, 5.41) is 0.974. The van der Waals surface area contributed by atoms with Crippen molar-refractivity contribution in [2.45, 2.75) is 51.7 Å². The molecule has 0 unspecified atom stereocenters. The molecule has 4 atom stereocenters. The first kappa shape index (κ1) is 20.9. The second-order valence-corrected chi connectivity index (χ2v) is 10.4. The average Bonchev–Trinajstić information content (AvgIpc) is 3.47. The molecule has 2 saturated carbocycles. The summed E-state index contributed by atoms with van der Waals surface area (Å²) in [6.45, 7) is 6.67. The van der Waals surface area contributed by atoms with Crippen LogP contribution >= 0.6 is 0 Å². The predicted octanol–water partition coefficient (Wildman–Crippen LogP) is 4.06. The molecule has 0 bridgehead atoms. The van der Waals surface area contributed by atoms with Gasteiger partial charge in [-0.3, -0.25) is 9.78 Å². The summed E-state index contributed by atoms with van der Waals surface area (Å²) in [6.07, 6.45) is 5.13. The van der Waals surface area contributed by atoms with Crippen LogP contribution in [0.5, 0.6) is 0 Å². The first-order valence-electron chi connectivity index (χ1n) is 11.8. The van der Waals surface area contributed by atoms with Crippen molar-refractivity contribution >= 4 is 16.8 Å². The highest BCUT2D eigenvalue weighted by Gasteiger charge is 2.45. The fraction of sp³-hybridized carbons (Fsp3) is 0.615. The molecule has 1 aromatic carbocycles. The van der Waals surface area contributed by atoms with E-state index in [1.807, 2.05) is 19.1 Å². The third-order valence-electron chi connectivity index (χ3n) is 7.60. The van der Waals surface area contributed by atoms with Crippen LogP contribution in [-0.2, 0) is 4.74 Å². The number of hydrogen-bond donors (Lipinski definition) is 0. The highest BCUT2D eigenvalue weighted by molar-refractivity contribution is 6.06. The number of benzene rings is 1. The normalized spacial score (nSPS) is 28.4. The molecule has 0 spiro atoms. The van der Waals surface area contributed by atoms with Crippen molar-refractivity contribution in [3.8, 4) is 0 Å². The van der Waals surface area contributed by atoms with E-state index in [0.29, 0.717) is 24.0 Å². The van der Waals surface area contributed by atoms with E-state index < -0.39 is 0 Å². The zero-order valence-corrected chi connectivity index (χ0v) is 19.3. The topological polar surface area (TPSA) is 45.7 Å². The summed E-state index contributed by atoms with van der Waals surface area (Å²) in [6, 6.07) is 8.61. The minimum atomic E-state index is 0.160. The fourth-order valence-electron chi connectivity index (χ4n) is 5.64. The van der Waals surface area contributed by atoms with E-state index in [1.165, 1.54) is 12.8 Å². The van der Waals surface area contributed by atoms with Crippen LogP contribution in [0.25, 0.3) is 10.9 Å². The number of carbonyl (C=O) groups excluding carboxylic acids is 1. The molecule has 0 radical (unpaired) electrons. The number of fused-ring (bicyclic) bond motifs is 2. The van der Waals surface area contributed by atoms with E-state index in [-0.39, 0.29) is 5.91 Å². The Morgan fingerprint density at radius 2 is 1.87 bits per heavy atom. The highest BCUT2D eigenvalue weighted by atomic mass is 16.5. The molecule has 2 aromatic rings. The zero-order valence-electron chi connectivity index (χ0n) is 19.3. The number of rotatable bonds is 5. The van der Waals surface area contributed by atoms with E-state index in [0.717, 1.165) is 66.2 Å². The van der Waals surface area contributed by atoms with Crippen LogP contribution in [0.4, 0.5) is 0 Å². The summed E-state index contributed by atoms with van der Waals surface area (Å²) in [7, 11) is 4.34. The molecule has 5 rings (SSSR count). The number of carbonyl (C=O) groups is 1. The van der Waals surface area contributed by atoms with Gasteiger partial charge in [0.25, 0.3) is 5.91 Å². The smallest absolute Gasteiger partial charge is 0.254 e. The summed E-state index contributed by atoms with van der Waals surface area (Å²) < 4.78 is 6.40. The van der Waals surface area contributed by atoms with E-state index in [4.69, 9.17) is 4.74 Å². The molecule has 1 saturated heterocycles. The van der Waals surface area contributed by atoms with Crippen molar-refractivity contribution in [1.29, 1.82) is 0 Å². The van der Waals surface area contributed by atoms with Crippen LogP contribution in [0.2, 0.25) is 0 Å². The molecular weight excluding hydrogens is 386 g/mol. The van der Waals surface area contributed by atoms with E-state index in [9.17, 15) is 4.79 Å². The molecule has 5 heteroatoms. The third-order valence-corrected chi connectivity index (χ3v) is 7.60. The van der Waals surface area contributed by atoms with Gasteiger partial charge in [-0.25, -0.2) is 0 Å². The van der Waals surface area contributed by atoms with Crippen LogP contribution in [0.15, 0.2) is 24.3 Å². The van der Waals surface area contributed by atoms with Crippen LogP contribution in [0.3, 0.4) is 0 Å². The Kier molecular flexibility index (Phi) is 5.51. The molecule has 2 aliphatic carbocycles. The Morgan fingerprint density at radius 1 is 1.13 bits per heavy atom. The van der Waals surface area contributed by atoms with Gasteiger partial charge >= 0.3 is 0 Å². The fourth-order valence-corrected chi connectivity index (χ4v) is 5.64. The Labute approximate surface area is 185 Å². The highest BCUT2D eigenvalue weighted by Crippen LogP contribution is 2.40. The van der Waals surface area contributed by atoms with Gasteiger partial charge in [-0.15, -0.1) is 0 Å². The monoisotopic (exact) mass is 421 g/mol. The summed E-state index contributed by atoms with van der Waals surface area (Å²) in [5.74, 6) is 2.05. The second kappa shape index (κ2) is 8.18. The molecule has 1 aliphatic heterocycles. The van der Waals surface area contributed by atoms with E-state index >= 15 is 0 Å². The number of aromatic nitrogens is 1. The number of likely N-dealkylation sites (tertiary alicyclic amines) is 1. The van der Waals surface area contributed by atoms with Crippen molar-refractivity contribution in [3.63, 3.8) is 0 Å². The van der Waals surface area contributed by atoms with Crippen LogP contribution in [0.1, 0.15) is 47.3 Å². The summed E-state index contributed by atoms with van der Waals surface area (Å²) in [5.41, 5.74) is 3.77. The number of ether oxygens (including phenoxy) is 1. The van der Waals surface area contributed by atoms with Gasteiger partial charge in [0, 0.05) is 36.8 Å². The van der Waals surface area contributed by atoms with Crippen molar-refractivity contribution in [3.05, 3.63) is 41.1 Å². The standard InChI is InChI=1S/C26H35N3O2/c1-16-5-8-23-21(9-16)22(10-17(2)27-23)26(30)29-13-19-11-24(28(3)4)25(12-20(19)14-29)31-15-18-6-7-18/h5,8-10,18-20,24-25H,6-7,11-15H2,1-4H3/t19-,20+,24-,25-/m1/s1. The lowest BCUT2D eigenvalue weighted by Gasteiger charge is -2.41. The largest absolute Gasteiger partial charge is 0.376 e. The molecule has 2 heterocycles. The van der Waals surface area contributed by atoms with Gasteiger partial charge in [0.05, 0.1) is 17.2 Å². The Hall–Kier alpha value is -1.98. The molecule has 1 aromatic heterocycles. The van der Waals surface area contributed by atoms with Gasteiger partial charge in [0.1, 0.15) is 0 Å². The molecule has 1 amide bonds. The van der Waals surface area contributed by atoms with Crippen LogP contribution in [-0.4, -0.2) is 66.6 Å². The Morgan fingerprint density at radius 3 is 2.58 bits per heavy atom. The van der Waals surface area contributed by atoms with Crippen LogP contribution < -0.4 is 0 Å². The first-order chi connectivity index (χ1) is 14.9. The predicted molar refractivity (Wildman–Crippen MR) is 123 cm³/mol. The number of nitrogens with zero attached hydrogens (tertiary/aromatic N) is 3. The summed E-state index contributed by atoms with van der Waals surface area (Å²) >= 11 is 0. The van der Waals surface area contributed by atoms with Gasteiger partial charge in [-0.1, -0.05) is 11.6 Å². The molecule has 3 aliphatic rings. The van der Waals surface area contributed by atoms with Gasteiger partial charge < -0.3 is 14.5 Å². The van der Waals surface area contributed by atoms with Gasteiger partial charge in [-0.2, -0.15) is 0 Å². The van der Waals surface area contributed by atoms with Crippen LogP contribution in [0, 0.1) is 31.6 Å². The van der Waals surface area contributed by atoms with E-state index in [1.54, 1.807) is 0 Å². The number of amides is 1. The van der Waals surface area contributed by atoms with Gasteiger partial charge in [-0.05, 0) is 89.6 Å². The number of pyridine rings is 1. The first-order valence-corrected chi connectivity index (χ1v) is 11.8. The van der Waals surface area contributed by atoms with Crippen molar-refractivity contribution < 1.29 is 9.53 Å². The Balaban J connectivity index is 1.36. The van der Waals surface area contributed by atoms with Gasteiger partial charge in [0.2, 0.25) is 0 Å². The number of likely N-dealkylation sites (N-methyl/N-ethyl adjacent to an activating group) is 1. The van der Waals surface area contributed by atoms with Crippen molar-refractivity contribution in [1.82, 2.24) is 14.8 Å². The number of hydrogen-bond acceptors (Lipinski definition) is 4. The second-order valence-electron chi connectivity index (χ2n) is 10.4. The molecule has 0 N–H and O–H groups in total. The number of aryl methyl sites for hydroxylation is 2. The molecule has 166 valence electrons. The van der Waals surface area contributed by atoms with Gasteiger partial charge in [0.15, 0.2) is 0 Å². The maximum atomic E-state index is 13.6. The molecular formula is C26H35N3O2. The Bertz CT molecular complexity index is 984. The maximum absolute atomic E-state index is 13.6. The molecule has 31 heavy (non-hydrogen) atoms.